The fourth-order valence-corrected chi connectivity index (χ4v) is 1.29. The van der Waals surface area contributed by atoms with E-state index in [1.807, 2.05) is 0 Å². The number of aliphatic carboxylic acids is 1. The van der Waals surface area contributed by atoms with Gasteiger partial charge < -0.3 is 15.2 Å². The molecule has 2 saturated heterocycles. The highest BCUT2D eigenvalue weighted by Crippen LogP contribution is 2.18. The molecular weight excluding hydrogens is 203 g/mol. The van der Waals surface area contributed by atoms with Crippen LogP contribution in [0.15, 0.2) is 0 Å². The lowest BCUT2D eigenvalue weighted by atomic mass is 10.3. The second-order valence-corrected chi connectivity index (χ2v) is 3.10. The number of carboxylic acid groups (broad SMARTS) is 1. The highest BCUT2D eigenvalue weighted by Gasteiger charge is 2.38. The number of hydrogen-bond donors (Lipinski definition) is 2. The number of fused-ring (bicyclic) bond motifs is 2. The van der Waals surface area contributed by atoms with Crippen LogP contribution in [0.25, 0.3) is 0 Å². The van der Waals surface area contributed by atoms with Crippen molar-refractivity contribution in [3.8, 4) is 0 Å². The van der Waals surface area contributed by atoms with E-state index in [1.165, 1.54) is 6.42 Å². The molecule has 0 aromatic carbocycles. The number of halogens is 3. The van der Waals surface area contributed by atoms with Gasteiger partial charge in [-0.25, -0.2) is 4.79 Å². The van der Waals surface area contributed by atoms with Crippen molar-refractivity contribution in [3.63, 3.8) is 0 Å². The van der Waals surface area contributed by atoms with Gasteiger partial charge in [-0.15, -0.1) is 0 Å². The molecule has 0 radical (unpaired) electrons. The molecule has 2 rings (SSSR count). The Balaban J connectivity index is 0.000000140. The molecule has 0 aromatic rings. The van der Waals surface area contributed by atoms with Crippen molar-refractivity contribution in [2.24, 2.45) is 0 Å². The van der Waals surface area contributed by atoms with Gasteiger partial charge >= 0.3 is 12.1 Å². The first-order valence-electron chi connectivity index (χ1n) is 4.04. The summed E-state index contributed by atoms with van der Waals surface area (Å²) in [5, 5.41) is 10.5. The SMILES string of the molecule is C1O[C@H]2CN[C@@H]1C2.O=C(O)C(F)(F)F. The lowest BCUT2D eigenvalue weighted by molar-refractivity contribution is -0.192. The summed E-state index contributed by atoms with van der Waals surface area (Å²) in [6.45, 7) is 2.04. The summed E-state index contributed by atoms with van der Waals surface area (Å²) in [4.78, 5) is 8.90. The van der Waals surface area contributed by atoms with Gasteiger partial charge in [-0.2, -0.15) is 13.2 Å². The van der Waals surface area contributed by atoms with Gasteiger partial charge in [-0.05, 0) is 6.42 Å². The first-order chi connectivity index (χ1) is 6.39. The lowest BCUT2D eigenvalue weighted by Gasteiger charge is -2.09. The highest BCUT2D eigenvalue weighted by molar-refractivity contribution is 5.73. The van der Waals surface area contributed by atoms with Crippen molar-refractivity contribution < 1.29 is 27.8 Å². The molecular formula is C7H10F3NO3. The van der Waals surface area contributed by atoms with E-state index >= 15 is 0 Å². The standard InChI is InChI=1S/C5H9NO.C2HF3O2/c1-4-3-7-5(1)2-6-4;3-2(4,5)1(6)7/h4-6H,1-3H2;(H,6,7)/t4-,5-;/m1./s1. The Morgan fingerprint density at radius 2 is 2.07 bits per heavy atom. The zero-order chi connectivity index (χ0) is 10.8. The molecule has 2 heterocycles. The van der Waals surface area contributed by atoms with Crippen LogP contribution in [0.3, 0.4) is 0 Å². The maximum atomic E-state index is 10.6. The Hall–Kier alpha value is -0.820. The minimum atomic E-state index is -5.08. The molecule has 82 valence electrons. The molecule has 0 unspecified atom stereocenters. The molecule has 2 bridgehead atoms. The van der Waals surface area contributed by atoms with Gasteiger partial charge in [0.25, 0.3) is 0 Å². The van der Waals surface area contributed by atoms with Crippen molar-refractivity contribution in [2.75, 3.05) is 13.2 Å². The smallest absolute Gasteiger partial charge is 0.475 e. The minimum Gasteiger partial charge on any atom is -0.475 e. The summed E-state index contributed by atoms with van der Waals surface area (Å²) in [5.41, 5.74) is 0. The quantitative estimate of drug-likeness (QED) is 0.610. The average molecular weight is 213 g/mol. The van der Waals surface area contributed by atoms with Crippen molar-refractivity contribution in [1.82, 2.24) is 5.32 Å². The molecule has 2 aliphatic heterocycles. The van der Waals surface area contributed by atoms with Gasteiger partial charge in [0.05, 0.1) is 12.7 Å². The minimum absolute atomic E-state index is 0.560. The van der Waals surface area contributed by atoms with E-state index < -0.39 is 12.1 Å². The summed E-state index contributed by atoms with van der Waals surface area (Å²) in [7, 11) is 0. The Kier molecular flexibility index (Phi) is 3.33. The number of ether oxygens (including phenoxy) is 1. The maximum absolute atomic E-state index is 10.6. The molecule has 0 saturated carbocycles. The van der Waals surface area contributed by atoms with Crippen LogP contribution in [0.4, 0.5) is 13.2 Å². The average Bonchev–Trinajstić information content (AvgIpc) is 2.65. The van der Waals surface area contributed by atoms with Crippen LogP contribution in [0, 0.1) is 0 Å². The lowest BCUT2D eigenvalue weighted by Crippen LogP contribution is -2.30. The second kappa shape index (κ2) is 4.14. The van der Waals surface area contributed by atoms with E-state index in [0.717, 1.165) is 13.2 Å². The molecule has 0 amide bonds. The zero-order valence-electron chi connectivity index (χ0n) is 7.17. The van der Waals surface area contributed by atoms with Gasteiger partial charge in [0, 0.05) is 12.6 Å². The van der Waals surface area contributed by atoms with Gasteiger partial charge in [-0.1, -0.05) is 0 Å². The van der Waals surface area contributed by atoms with E-state index in [9.17, 15) is 13.2 Å². The summed E-state index contributed by atoms with van der Waals surface area (Å²) in [6.07, 6.45) is -3.27. The second-order valence-electron chi connectivity index (χ2n) is 3.10. The highest BCUT2D eigenvalue weighted by atomic mass is 19.4. The molecule has 2 aliphatic rings. The monoisotopic (exact) mass is 213 g/mol. The van der Waals surface area contributed by atoms with Gasteiger partial charge in [0.2, 0.25) is 0 Å². The Bertz CT molecular complexity index is 201. The van der Waals surface area contributed by atoms with E-state index in [4.69, 9.17) is 14.6 Å². The number of alkyl halides is 3. The fourth-order valence-electron chi connectivity index (χ4n) is 1.29. The molecule has 2 N–H and O–H groups in total. The summed E-state index contributed by atoms with van der Waals surface area (Å²) in [6, 6.07) is 0.699. The van der Waals surface area contributed by atoms with Crippen LogP contribution in [-0.4, -0.2) is 42.5 Å². The van der Waals surface area contributed by atoms with E-state index in [2.05, 4.69) is 5.32 Å². The van der Waals surface area contributed by atoms with Crippen LogP contribution in [0.2, 0.25) is 0 Å². The first-order valence-corrected chi connectivity index (χ1v) is 4.04. The number of nitrogens with one attached hydrogen (secondary N) is 1. The molecule has 0 aliphatic carbocycles. The van der Waals surface area contributed by atoms with Crippen molar-refractivity contribution >= 4 is 5.97 Å². The van der Waals surface area contributed by atoms with Gasteiger partial charge in [0.1, 0.15) is 0 Å². The normalized spacial score (nSPS) is 29.6. The van der Waals surface area contributed by atoms with E-state index in [-0.39, 0.29) is 0 Å². The molecule has 0 spiro atoms. The molecule has 0 aromatic heterocycles. The molecule has 14 heavy (non-hydrogen) atoms. The van der Waals surface area contributed by atoms with Crippen LogP contribution < -0.4 is 5.32 Å². The summed E-state index contributed by atoms with van der Waals surface area (Å²) in [5.74, 6) is -2.76. The van der Waals surface area contributed by atoms with Gasteiger partial charge in [0.15, 0.2) is 0 Å². The molecule has 7 heteroatoms. The maximum Gasteiger partial charge on any atom is 0.490 e. The largest absolute Gasteiger partial charge is 0.490 e. The topological polar surface area (TPSA) is 58.6 Å². The number of carbonyl (C=O) groups is 1. The van der Waals surface area contributed by atoms with Crippen LogP contribution in [-0.2, 0) is 9.53 Å². The molecule has 4 nitrogen and oxygen atoms in total. The number of hydrogen-bond acceptors (Lipinski definition) is 3. The van der Waals surface area contributed by atoms with E-state index in [1.54, 1.807) is 0 Å². The summed E-state index contributed by atoms with van der Waals surface area (Å²) >= 11 is 0. The molecule has 2 fully saturated rings. The van der Waals surface area contributed by atoms with E-state index in [0.29, 0.717) is 12.1 Å². The predicted octanol–water partition coefficient (Wildman–Crippen LogP) is 0.380. The third-order valence-corrected chi connectivity index (χ3v) is 1.96. The first kappa shape index (κ1) is 11.3. The van der Waals surface area contributed by atoms with Crippen molar-refractivity contribution in [1.29, 1.82) is 0 Å². The van der Waals surface area contributed by atoms with Gasteiger partial charge in [-0.3, -0.25) is 0 Å². The van der Waals surface area contributed by atoms with Crippen molar-refractivity contribution in [3.05, 3.63) is 0 Å². The summed E-state index contributed by atoms with van der Waals surface area (Å²) < 4.78 is 37.0. The predicted molar refractivity (Wildman–Crippen MR) is 39.8 cm³/mol. The van der Waals surface area contributed by atoms with Crippen LogP contribution in [0.5, 0.6) is 0 Å². The third kappa shape index (κ3) is 3.15. The Morgan fingerprint density at radius 3 is 2.14 bits per heavy atom. The van der Waals surface area contributed by atoms with Crippen LogP contribution in [0.1, 0.15) is 6.42 Å². The van der Waals surface area contributed by atoms with Crippen LogP contribution >= 0.6 is 0 Å². The number of rotatable bonds is 0. The third-order valence-electron chi connectivity index (χ3n) is 1.96. The number of morpholine rings is 1. The Morgan fingerprint density at radius 1 is 1.50 bits per heavy atom. The number of carboxylic acids is 1. The Labute approximate surface area is 78.0 Å². The van der Waals surface area contributed by atoms with Crippen molar-refractivity contribution in [2.45, 2.75) is 24.7 Å². The fraction of sp³-hybridized carbons (Fsp3) is 0.857. The molecule has 2 atom stereocenters. The zero-order valence-corrected chi connectivity index (χ0v) is 7.17.